The highest BCUT2D eigenvalue weighted by Crippen LogP contribution is 2.46. The average Bonchev–Trinajstić information content (AvgIpc) is 3.12. The van der Waals surface area contributed by atoms with Crippen LogP contribution in [0.2, 0.25) is 33.2 Å². The molecule has 0 unspecified atom stereocenters. The van der Waals surface area contributed by atoms with Crippen LogP contribution in [0.3, 0.4) is 0 Å². The predicted molar refractivity (Wildman–Crippen MR) is 177 cm³/mol. The van der Waals surface area contributed by atoms with Gasteiger partial charge in [-0.3, -0.25) is 20.2 Å². The van der Waals surface area contributed by atoms with E-state index in [1.807, 2.05) is 0 Å². The largest absolute Gasteiger partial charge is 0.413 e. The summed E-state index contributed by atoms with van der Waals surface area (Å²) in [7, 11) is -4.88. The Morgan fingerprint density at radius 1 is 0.841 bits per heavy atom. The molecule has 0 aliphatic carbocycles. The predicted octanol–water partition coefficient (Wildman–Crippen LogP) is 7.12. The minimum absolute atomic E-state index is 0.0197. The molecule has 0 spiro atoms. The molecule has 4 atom stereocenters. The molecule has 0 radical (unpaired) electrons. The van der Waals surface area contributed by atoms with Crippen LogP contribution in [-0.2, 0) is 13.6 Å². The van der Waals surface area contributed by atoms with E-state index in [1.165, 1.54) is 6.07 Å². The number of nitrogens with one attached hydrogen (secondary N) is 1. The van der Waals surface area contributed by atoms with Crippen LogP contribution in [0.5, 0.6) is 0 Å². The molecular formula is C30H55N3O9Si2. The number of aliphatic hydroxyl groups excluding tert-OH is 1. The number of hydrogen-bond donors (Lipinski definition) is 3. The van der Waals surface area contributed by atoms with E-state index in [0.717, 1.165) is 12.1 Å². The number of nitro groups is 2. The number of hydrogen-bond acceptors (Lipinski definition) is 10. The smallest absolute Gasteiger partial charge is 0.299 e. The quantitative estimate of drug-likeness (QED) is 0.0946. The van der Waals surface area contributed by atoms with Crippen molar-refractivity contribution in [2.24, 2.45) is 0 Å². The van der Waals surface area contributed by atoms with Gasteiger partial charge in [-0.15, -0.1) is 0 Å². The second-order valence-corrected chi connectivity index (χ2v) is 25.0. The first-order valence-electron chi connectivity index (χ1n) is 15.7. The molecule has 14 heteroatoms. The number of nitro benzene ring substituents is 2. The van der Waals surface area contributed by atoms with E-state index in [4.69, 9.17) is 13.6 Å². The molecule has 0 bridgehead atoms. The lowest BCUT2D eigenvalue weighted by Gasteiger charge is -2.44. The van der Waals surface area contributed by atoms with Gasteiger partial charge in [-0.05, 0) is 39.3 Å². The first-order valence-corrected chi connectivity index (χ1v) is 20.0. The maximum absolute atomic E-state index is 12.1. The van der Waals surface area contributed by atoms with Crippen molar-refractivity contribution in [1.82, 2.24) is 0 Å². The minimum Gasteiger partial charge on any atom is -0.413 e. The summed E-state index contributed by atoms with van der Waals surface area (Å²) < 4.78 is 19.7. The van der Waals surface area contributed by atoms with Gasteiger partial charge in [0.2, 0.25) is 14.1 Å². The fraction of sp³-hybridized carbons (Fsp3) is 0.800. The zero-order chi connectivity index (χ0) is 33.9. The van der Waals surface area contributed by atoms with Gasteiger partial charge in [0.15, 0.2) is 8.32 Å². The van der Waals surface area contributed by atoms with Gasteiger partial charge >= 0.3 is 0 Å². The SMILES string of the molecule is CC(C)[Si](OC[C@H]1O[C@](O)(CO[Si](C(C)C)(C(C)C)C(C)C)[C@@H](Nc2ccc([N+](=O)[O-])cc2[N+](=O)[O-])[C@@H]1O)(C(C)C)C(C)C. The molecule has 2 rings (SSSR count). The Bertz CT molecular complexity index is 1110. The van der Waals surface area contributed by atoms with Crippen LogP contribution < -0.4 is 5.32 Å². The minimum atomic E-state index is -2.51. The molecule has 1 aliphatic heterocycles. The Morgan fingerprint density at radius 3 is 1.70 bits per heavy atom. The molecule has 0 aromatic heterocycles. The summed E-state index contributed by atoms with van der Waals surface area (Å²) in [6.07, 6.45) is -2.31. The number of rotatable bonds is 16. The maximum Gasteiger partial charge on any atom is 0.299 e. The zero-order valence-corrected chi connectivity index (χ0v) is 30.5. The van der Waals surface area contributed by atoms with Crippen LogP contribution in [0.4, 0.5) is 17.1 Å². The molecule has 1 saturated heterocycles. The fourth-order valence-corrected chi connectivity index (χ4v) is 18.8. The Labute approximate surface area is 264 Å². The van der Waals surface area contributed by atoms with E-state index in [2.05, 4.69) is 88.4 Å². The molecule has 3 N–H and O–H groups in total. The fourth-order valence-electron chi connectivity index (χ4n) is 7.87. The number of non-ortho nitro benzene ring substituents is 1. The molecule has 1 aliphatic rings. The lowest BCUT2D eigenvalue weighted by Crippen LogP contribution is -2.56. The Balaban J connectivity index is 2.58. The first kappa shape index (κ1) is 38.2. The van der Waals surface area contributed by atoms with Crippen LogP contribution in [0.1, 0.15) is 83.1 Å². The van der Waals surface area contributed by atoms with Crippen LogP contribution in [0.15, 0.2) is 18.2 Å². The van der Waals surface area contributed by atoms with Crippen molar-refractivity contribution in [3.63, 3.8) is 0 Å². The van der Waals surface area contributed by atoms with Crippen molar-refractivity contribution in [1.29, 1.82) is 0 Å². The molecule has 0 amide bonds. The molecule has 44 heavy (non-hydrogen) atoms. The Morgan fingerprint density at radius 2 is 1.30 bits per heavy atom. The van der Waals surface area contributed by atoms with Gasteiger partial charge in [-0.2, -0.15) is 0 Å². The molecule has 1 heterocycles. The summed E-state index contributed by atoms with van der Waals surface area (Å²) in [5.41, 5.74) is 0.322. The highest BCUT2D eigenvalue weighted by Gasteiger charge is 2.58. The van der Waals surface area contributed by atoms with E-state index in [0.29, 0.717) is 0 Å². The summed E-state index contributed by atoms with van der Waals surface area (Å²) in [4.78, 5) is 21.8. The third-order valence-corrected chi connectivity index (χ3v) is 21.8. The zero-order valence-electron chi connectivity index (χ0n) is 28.5. The number of benzene rings is 1. The molecule has 1 aromatic rings. The van der Waals surface area contributed by atoms with Gasteiger partial charge in [-0.25, -0.2) is 0 Å². The second-order valence-electron chi connectivity index (χ2n) is 14.1. The third kappa shape index (κ3) is 7.37. The molecule has 1 aromatic carbocycles. The summed E-state index contributed by atoms with van der Waals surface area (Å²) >= 11 is 0. The number of anilines is 1. The molecule has 12 nitrogen and oxygen atoms in total. The van der Waals surface area contributed by atoms with Crippen LogP contribution in [0.25, 0.3) is 0 Å². The van der Waals surface area contributed by atoms with Crippen molar-refractivity contribution in [3.05, 3.63) is 38.4 Å². The lowest BCUT2D eigenvalue weighted by atomic mass is 10.0. The second kappa shape index (κ2) is 14.6. The van der Waals surface area contributed by atoms with Crippen molar-refractivity contribution in [2.75, 3.05) is 18.5 Å². The Hall–Kier alpha value is -1.95. The molecule has 252 valence electrons. The maximum atomic E-state index is 12.1. The summed E-state index contributed by atoms with van der Waals surface area (Å²) in [5.74, 6) is -2.09. The molecule has 0 saturated carbocycles. The van der Waals surface area contributed by atoms with Crippen molar-refractivity contribution >= 4 is 33.7 Å². The van der Waals surface area contributed by atoms with Gasteiger partial charge in [0, 0.05) is 6.07 Å². The number of nitrogens with zero attached hydrogens (tertiary/aromatic N) is 2. The van der Waals surface area contributed by atoms with E-state index in [1.54, 1.807) is 0 Å². The van der Waals surface area contributed by atoms with Crippen LogP contribution in [0, 0.1) is 20.2 Å². The van der Waals surface area contributed by atoms with E-state index < -0.39 is 61.9 Å². The van der Waals surface area contributed by atoms with E-state index in [9.17, 15) is 30.4 Å². The van der Waals surface area contributed by atoms with Gasteiger partial charge in [0.05, 0.1) is 29.1 Å². The standard InChI is InChI=1S/C30H55N3O9Si2/c1-18(2)43(19(3)4,20(5)6)40-16-27-28(34)29(31-25-14-13-24(32(36)37)15-26(25)33(38)39)30(35,42-27)17-41-44(21(7)8,22(9)10)23(11)12/h13-15,18-23,27-29,31,34-35H,16-17H2,1-12H3/t27-,28-,29+,30-/m1/s1. The summed E-state index contributed by atoms with van der Waals surface area (Å²) in [5, 5.41) is 49.9. The molecular weight excluding hydrogens is 603 g/mol. The Kier molecular flexibility index (Phi) is 12.7. The first-order chi connectivity index (χ1) is 20.2. The van der Waals surface area contributed by atoms with Crippen molar-refractivity contribution in [3.8, 4) is 0 Å². The van der Waals surface area contributed by atoms with Gasteiger partial charge in [-0.1, -0.05) is 83.1 Å². The number of ether oxygens (including phenoxy) is 1. The van der Waals surface area contributed by atoms with Crippen LogP contribution in [-0.4, -0.2) is 73.9 Å². The van der Waals surface area contributed by atoms with Gasteiger partial charge in [0.25, 0.3) is 11.4 Å². The number of aliphatic hydroxyl groups is 2. The lowest BCUT2D eigenvalue weighted by molar-refractivity contribution is -0.393. The van der Waals surface area contributed by atoms with Crippen molar-refractivity contribution in [2.45, 2.75) is 140 Å². The van der Waals surface area contributed by atoms with E-state index in [-0.39, 0.29) is 52.1 Å². The van der Waals surface area contributed by atoms with Gasteiger partial charge < -0.3 is 29.1 Å². The topological polar surface area (TPSA) is 166 Å². The van der Waals surface area contributed by atoms with E-state index >= 15 is 0 Å². The highest BCUT2D eigenvalue weighted by atomic mass is 28.4. The monoisotopic (exact) mass is 657 g/mol. The average molecular weight is 658 g/mol. The third-order valence-electron chi connectivity index (χ3n) is 9.70. The summed E-state index contributed by atoms with van der Waals surface area (Å²) in [6, 6.07) is 1.93. The van der Waals surface area contributed by atoms with Crippen molar-refractivity contribution < 1.29 is 33.6 Å². The van der Waals surface area contributed by atoms with Gasteiger partial charge in [0.1, 0.15) is 23.9 Å². The molecule has 1 fully saturated rings. The van der Waals surface area contributed by atoms with Crippen LogP contribution >= 0.6 is 0 Å². The highest BCUT2D eigenvalue weighted by molar-refractivity contribution is 6.78. The normalized spacial score (nSPS) is 23.1. The summed E-state index contributed by atoms with van der Waals surface area (Å²) in [6.45, 7) is 25.3.